The molecular formula is C19H35IN6O2. The zero-order valence-electron chi connectivity index (χ0n) is 17.5. The van der Waals surface area contributed by atoms with E-state index in [9.17, 15) is 0 Å². The van der Waals surface area contributed by atoms with Gasteiger partial charge in [-0.15, -0.1) is 24.0 Å². The Morgan fingerprint density at radius 3 is 2.89 bits per heavy atom. The van der Waals surface area contributed by atoms with Gasteiger partial charge in [-0.25, -0.2) is 0 Å². The molecule has 9 heteroatoms. The van der Waals surface area contributed by atoms with Crippen LogP contribution in [0.3, 0.4) is 0 Å². The van der Waals surface area contributed by atoms with Crippen molar-refractivity contribution in [2.24, 2.45) is 12.0 Å². The SMILES string of the molecule is CCNC(=NCC(C)N1CCOCC1C)N1CCOC(c2cnn(C)c2)C1.I. The lowest BCUT2D eigenvalue weighted by Gasteiger charge is -2.38. The standard InChI is InChI=1S/C19H34N6O2.HI/c1-5-20-19(21-10-15(2)25-7-8-26-14-16(25)3)24-6-9-27-18(13-24)17-11-22-23(4)12-17;/h11-12,15-16,18H,5-10,13-14H2,1-4H3,(H,20,21);1H. The minimum Gasteiger partial charge on any atom is -0.379 e. The highest BCUT2D eigenvalue weighted by molar-refractivity contribution is 14.0. The van der Waals surface area contributed by atoms with Gasteiger partial charge in [0.1, 0.15) is 6.10 Å². The number of aliphatic imine (C=N–C) groups is 1. The van der Waals surface area contributed by atoms with Gasteiger partial charge in [-0.05, 0) is 20.8 Å². The molecule has 0 saturated carbocycles. The van der Waals surface area contributed by atoms with Crippen LogP contribution in [0.4, 0.5) is 0 Å². The second-order valence-corrected chi connectivity index (χ2v) is 7.46. The van der Waals surface area contributed by atoms with Gasteiger partial charge in [-0.1, -0.05) is 0 Å². The summed E-state index contributed by atoms with van der Waals surface area (Å²) in [6.07, 6.45) is 3.95. The Hall–Kier alpha value is -0.910. The van der Waals surface area contributed by atoms with E-state index < -0.39 is 0 Å². The molecule has 0 radical (unpaired) electrons. The number of nitrogens with one attached hydrogen (secondary N) is 1. The first-order chi connectivity index (χ1) is 13.1. The minimum absolute atomic E-state index is 0. The summed E-state index contributed by atoms with van der Waals surface area (Å²) < 4.78 is 13.4. The third-order valence-corrected chi connectivity index (χ3v) is 5.29. The van der Waals surface area contributed by atoms with Crippen molar-refractivity contribution in [3.05, 3.63) is 18.0 Å². The number of aryl methyl sites for hydroxylation is 1. The maximum Gasteiger partial charge on any atom is 0.194 e. The monoisotopic (exact) mass is 506 g/mol. The van der Waals surface area contributed by atoms with E-state index in [4.69, 9.17) is 14.5 Å². The van der Waals surface area contributed by atoms with Crippen LogP contribution >= 0.6 is 24.0 Å². The number of aromatic nitrogens is 2. The van der Waals surface area contributed by atoms with Gasteiger partial charge in [0, 0.05) is 50.5 Å². The van der Waals surface area contributed by atoms with Crippen LogP contribution in [-0.2, 0) is 16.5 Å². The third kappa shape index (κ3) is 6.04. The van der Waals surface area contributed by atoms with Crippen LogP contribution in [0.2, 0.25) is 0 Å². The molecule has 2 fully saturated rings. The normalized spacial score (nSPS) is 25.3. The highest BCUT2D eigenvalue weighted by Crippen LogP contribution is 2.21. The van der Waals surface area contributed by atoms with Crippen LogP contribution in [0.5, 0.6) is 0 Å². The zero-order valence-corrected chi connectivity index (χ0v) is 19.8. The lowest BCUT2D eigenvalue weighted by Crippen LogP contribution is -2.51. The molecule has 2 aliphatic heterocycles. The highest BCUT2D eigenvalue weighted by Gasteiger charge is 2.26. The summed E-state index contributed by atoms with van der Waals surface area (Å²) in [7, 11) is 1.93. The molecule has 1 aromatic rings. The van der Waals surface area contributed by atoms with Crippen LogP contribution in [0, 0.1) is 0 Å². The predicted molar refractivity (Wildman–Crippen MR) is 121 cm³/mol. The minimum atomic E-state index is 0. The van der Waals surface area contributed by atoms with Crippen LogP contribution in [-0.4, -0.2) is 90.2 Å². The largest absolute Gasteiger partial charge is 0.379 e. The fourth-order valence-electron chi connectivity index (χ4n) is 3.79. The summed E-state index contributed by atoms with van der Waals surface area (Å²) in [5.74, 6) is 0.974. The van der Waals surface area contributed by atoms with Gasteiger partial charge in [0.15, 0.2) is 5.96 Å². The van der Waals surface area contributed by atoms with Crippen LogP contribution in [0.1, 0.15) is 32.4 Å². The summed E-state index contributed by atoms with van der Waals surface area (Å²) >= 11 is 0. The Bertz CT molecular complexity index is 625. The molecule has 28 heavy (non-hydrogen) atoms. The Kier molecular flexibility index (Phi) is 9.45. The molecule has 2 saturated heterocycles. The molecule has 3 rings (SSSR count). The topological polar surface area (TPSA) is 67.2 Å². The molecule has 1 N–H and O–H groups in total. The van der Waals surface area contributed by atoms with Gasteiger partial charge in [0.05, 0.1) is 39.1 Å². The molecule has 8 nitrogen and oxygen atoms in total. The number of guanidine groups is 1. The molecule has 2 aliphatic rings. The van der Waals surface area contributed by atoms with E-state index in [1.165, 1.54) is 0 Å². The molecule has 3 atom stereocenters. The second-order valence-electron chi connectivity index (χ2n) is 7.46. The van der Waals surface area contributed by atoms with Crippen LogP contribution in [0.25, 0.3) is 0 Å². The summed E-state index contributed by atoms with van der Waals surface area (Å²) in [5, 5.41) is 7.73. The van der Waals surface area contributed by atoms with Gasteiger partial charge in [-0.2, -0.15) is 5.10 Å². The molecule has 0 aliphatic carbocycles. The van der Waals surface area contributed by atoms with Gasteiger partial charge in [-0.3, -0.25) is 14.6 Å². The van der Waals surface area contributed by atoms with Gasteiger partial charge in [0.2, 0.25) is 0 Å². The van der Waals surface area contributed by atoms with Crippen molar-refractivity contribution in [1.82, 2.24) is 24.9 Å². The quantitative estimate of drug-likeness (QED) is 0.371. The van der Waals surface area contributed by atoms with Crippen molar-refractivity contribution in [2.75, 3.05) is 52.5 Å². The summed E-state index contributed by atoms with van der Waals surface area (Å²) in [5.41, 5.74) is 1.12. The first-order valence-corrected chi connectivity index (χ1v) is 10.0. The van der Waals surface area contributed by atoms with Gasteiger partial charge < -0.3 is 19.7 Å². The summed E-state index contributed by atoms with van der Waals surface area (Å²) in [6, 6.07) is 0.845. The lowest BCUT2D eigenvalue weighted by molar-refractivity contribution is -0.0170. The zero-order chi connectivity index (χ0) is 19.2. The van der Waals surface area contributed by atoms with E-state index in [-0.39, 0.29) is 30.1 Å². The lowest BCUT2D eigenvalue weighted by atomic mass is 10.1. The van der Waals surface area contributed by atoms with E-state index in [0.717, 1.165) is 57.5 Å². The number of morpholine rings is 2. The molecule has 1 aromatic heterocycles. The number of ether oxygens (including phenoxy) is 2. The van der Waals surface area contributed by atoms with E-state index >= 15 is 0 Å². The number of nitrogens with zero attached hydrogens (tertiary/aromatic N) is 5. The van der Waals surface area contributed by atoms with E-state index in [1.54, 1.807) is 0 Å². The first kappa shape index (κ1) is 23.4. The molecule has 0 spiro atoms. The second kappa shape index (κ2) is 11.3. The Labute approximate surface area is 185 Å². The summed E-state index contributed by atoms with van der Waals surface area (Å²) in [6.45, 7) is 13.2. The van der Waals surface area contributed by atoms with E-state index in [2.05, 4.69) is 41.0 Å². The highest BCUT2D eigenvalue weighted by atomic mass is 127. The maximum absolute atomic E-state index is 5.97. The molecule has 0 aromatic carbocycles. The Morgan fingerprint density at radius 2 is 2.21 bits per heavy atom. The molecular weight excluding hydrogens is 471 g/mol. The number of hydrogen-bond acceptors (Lipinski definition) is 5. The number of rotatable bonds is 5. The molecule has 3 heterocycles. The third-order valence-electron chi connectivity index (χ3n) is 5.29. The van der Waals surface area contributed by atoms with E-state index in [0.29, 0.717) is 18.7 Å². The van der Waals surface area contributed by atoms with Crippen molar-refractivity contribution in [3.63, 3.8) is 0 Å². The fourth-order valence-corrected chi connectivity index (χ4v) is 3.79. The fraction of sp³-hybridized carbons (Fsp3) is 0.789. The van der Waals surface area contributed by atoms with Crippen LogP contribution in [0.15, 0.2) is 17.4 Å². The average Bonchev–Trinajstić information content (AvgIpc) is 3.12. The van der Waals surface area contributed by atoms with Crippen molar-refractivity contribution >= 4 is 29.9 Å². The van der Waals surface area contributed by atoms with Crippen LogP contribution < -0.4 is 5.32 Å². The average molecular weight is 506 g/mol. The maximum atomic E-state index is 5.97. The molecule has 160 valence electrons. The predicted octanol–water partition coefficient (Wildman–Crippen LogP) is 1.49. The Balaban J connectivity index is 0.00000280. The number of hydrogen-bond donors (Lipinski definition) is 1. The molecule has 0 amide bonds. The van der Waals surface area contributed by atoms with Crippen molar-refractivity contribution < 1.29 is 9.47 Å². The summed E-state index contributed by atoms with van der Waals surface area (Å²) in [4.78, 5) is 9.75. The van der Waals surface area contributed by atoms with Gasteiger partial charge in [0.25, 0.3) is 0 Å². The van der Waals surface area contributed by atoms with Gasteiger partial charge >= 0.3 is 0 Å². The Morgan fingerprint density at radius 1 is 1.39 bits per heavy atom. The molecule has 3 unspecified atom stereocenters. The van der Waals surface area contributed by atoms with Crippen molar-refractivity contribution in [1.29, 1.82) is 0 Å². The van der Waals surface area contributed by atoms with Crippen molar-refractivity contribution in [2.45, 2.75) is 39.0 Å². The first-order valence-electron chi connectivity index (χ1n) is 10.0. The van der Waals surface area contributed by atoms with E-state index in [1.807, 2.05) is 24.1 Å². The molecule has 0 bridgehead atoms. The van der Waals surface area contributed by atoms with Crippen molar-refractivity contribution in [3.8, 4) is 0 Å². The number of halogens is 1. The smallest absolute Gasteiger partial charge is 0.194 e.